The molecule has 79 heavy (non-hydrogen) atoms. The predicted molar refractivity (Wildman–Crippen MR) is 344 cm³/mol. The highest BCUT2D eigenvalue weighted by Gasteiger charge is 2.19. The maximum absolute atomic E-state index is 12.9. The molecule has 0 aromatic rings. The van der Waals surface area contributed by atoms with E-state index in [2.05, 4.69) is 57.2 Å². The number of hydrogen-bond acceptors (Lipinski definition) is 6. The topological polar surface area (TPSA) is 78.9 Å². The fourth-order valence-electron chi connectivity index (χ4n) is 10.8. The minimum Gasteiger partial charge on any atom is -0.462 e. The predicted octanol–water partition coefficient (Wildman–Crippen LogP) is 24.3. The van der Waals surface area contributed by atoms with Crippen LogP contribution in [0.1, 0.15) is 393 Å². The van der Waals surface area contributed by atoms with Crippen LogP contribution in [0.2, 0.25) is 0 Å². The van der Waals surface area contributed by atoms with E-state index in [0.29, 0.717) is 19.3 Å². The molecule has 464 valence electrons. The third-order valence-electron chi connectivity index (χ3n) is 16.1. The highest BCUT2D eigenvalue weighted by Crippen LogP contribution is 2.18. The largest absolute Gasteiger partial charge is 0.462 e. The van der Waals surface area contributed by atoms with Gasteiger partial charge < -0.3 is 14.2 Å². The molecule has 0 saturated heterocycles. The van der Waals surface area contributed by atoms with Gasteiger partial charge in [0.15, 0.2) is 6.10 Å². The highest BCUT2D eigenvalue weighted by molar-refractivity contribution is 5.71. The number of hydrogen-bond donors (Lipinski definition) is 0. The Morgan fingerprint density at radius 3 is 0.709 bits per heavy atom. The number of carbonyl (C=O) groups is 3. The second-order valence-corrected chi connectivity index (χ2v) is 24.1. The molecular weight excluding hydrogens is 973 g/mol. The fraction of sp³-hybridized carbons (Fsp3) is 0.877. The Bertz CT molecular complexity index is 1320. The molecule has 0 radical (unpaired) electrons. The van der Waals surface area contributed by atoms with Crippen molar-refractivity contribution in [1.82, 2.24) is 0 Å². The lowest BCUT2D eigenvalue weighted by Gasteiger charge is -2.18. The van der Waals surface area contributed by atoms with Gasteiger partial charge in [0.25, 0.3) is 0 Å². The van der Waals surface area contributed by atoms with Gasteiger partial charge >= 0.3 is 17.9 Å². The fourth-order valence-corrected chi connectivity index (χ4v) is 10.8. The zero-order valence-corrected chi connectivity index (χ0v) is 53.4. The molecule has 0 saturated carbocycles. The van der Waals surface area contributed by atoms with Gasteiger partial charge in [-0.05, 0) is 77.0 Å². The van der Waals surface area contributed by atoms with E-state index in [-0.39, 0.29) is 31.1 Å². The number of unbranched alkanes of at least 4 members (excludes halogenated alkanes) is 49. The van der Waals surface area contributed by atoms with E-state index < -0.39 is 6.10 Å². The second kappa shape index (κ2) is 68.1. The SMILES string of the molecule is CCCCCCC/C=C\C/C=C\CCCCCCCCCCCCCCCCCCCCCCCCCC(=O)OCC(COC(=O)CCCCCCCCCCC)OC(=O)CCCCCCCCC/C=C\CCCCCCCC. The Hall–Kier alpha value is -2.37. The van der Waals surface area contributed by atoms with Crippen LogP contribution in [0.25, 0.3) is 0 Å². The van der Waals surface area contributed by atoms with Crippen LogP contribution in [-0.2, 0) is 28.6 Å². The third kappa shape index (κ3) is 66.3. The lowest BCUT2D eigenvalue weighted by atomic mass is 10.0. The molecule has 0 spiro atoms. The van der Waals surface area contributed by atoms with Crippen LogP contribution in [0.5, 0.6) is 0 Å². The summed E-state index contributed by atoms with van der Waals surface area (Å²) in [6.07, 6.45) is 84.9. The van der Waals surface area contributed by atoms with E-state index in [0.717, 1.165) is 64.2 Å². The van der Waals surface area contributed by atoms with Crippen molar-refractivity contribution in [1.29, 1.82) is 0 Å². The Labute approximate surface area is 493 Å². The summed E-state index contributed by atoms with van der Waals surface area (Å²) in [4.78, 5) is 38.2. The van der Waals surface area contributed by atoms with Crippen molar-refractivity contribution in [3.63, 3.8) is 0 Å². The smallest absolute Gasteiger partial charge is 0.306 e. The maximum Gasteiger partial charge on any atom is 0.306 e. The minimum atomic E-state index is -0.769. The summed E-state index contributed by atoms with van der Waals surface area (Å²) in [5.41, 5.74) is 0. The molecule has 0 amide bonds. The van der Waals surface area contributed by atoms with Gasteiger partial charge in [-0.2, -0.15) is 0 Å². The average molecular weight is 1110 g/mol. The van der Waals surface area contributed by atoms with E-state index in [9.17, 15) is 14.4 Å². The van der Waals surface area contributed by atoms with Gasteiger partial charge in [0.2, 0.25) is 0 Å². The number of ether oxygens (including phenoxy) is 3. The summed E-state index contributed by atoms with van der Waals surface area (Å²) in [6, 6.07) is 0. The summed E-state index contributed by atoms with van der Waals surface area (Å²) < 4.78 is 16.9. The summed E-state index contributed by atoms with van der Waals surface area (Å²) in [6.45, 7) is 6.66. The van der Waals surface area contributed by atoms with Crippen LogP contribution in [0, 0.1) is 0 Å². The van der Waals surface area contributed by atoms with Crippen molar-refractivity contribution < 1.29 is 28.6 Å². The zero-order chi connectivity index (χ0) is 57.1. The van der Waals surface area contributed by atoms with E-state index in [1.54, 1.807) is 0 Å². The highest BCUT2D eigenvalue weighted by atomic mass is 16.6. The lowest BCUT2D eigenvalue weighted by Crippen LogP contribution is -2.30. The third-order valence-corrected chi connectivity index (χ3v) is 16.1. The van der Waals surface area contributed by atoms with Crippen molar-refractivity contribution in [2.45, 2.75) is 399 Å². The van der Waals surface area contributed by atoms with Gasteiger partial charge in [-0.1, -0.05) is 333 Å². The van der Waals surface area contributed by atoms with Crippen molar-refractivity contribution in [2.24, 2.45) is 0 Å². The van der Waals surface area contributed by atoms with E-state index in [4.69, 9.17) is 14.2 Å². The van der Waals surface area contributed by atoms with Gasteiger partial charge in [0, 0.05) is 19.3 Å². The summed E-state index contributed by atoms with van der Waals surface area (Å²) >= 11 is 0. The normalized spacial score (nSPS) is 12.2. The molecule has 0 rings (SSSR count). The number of carbonyl (C=O) groups excluding carboxylic acids is 3. The summed E-state index contributed by atoms with van der Waals surface area (Å²) in [7, 11) is 0. The van der Waals surface area contributed by atoms with Gasteiger partial charge in [-0.3, -0.25) is 14.4 Å². The first-order chi connectivity index (χ1) is 39.0. The zero-order valence-electron chi connectivity index (χ0n) is 53.4. The molecule has 0 aromatic carbocycles. The molecule has 1 unspecified atom stereocenters. The first kappa shape index (κ1) is 76.6. The lowest BCUT2D eigenvalue weighted by molar-refractivity contribution is -0.167. The Balaban J connectivity index is 3.98. The van der Waals surface area contributed by atoms with E-state index in [1.165, 1.54) is 289 Å². The molecule has 0 aliphatic rings. The van der Waals surface area contributed by atoms with Crippen LogP contribution in [0.4, 0.5) is 0 Å². The number of rotatable bonds is 66. The van der Waals surface area contributed by atoms with Crippen LogP contribution in [0.15, 0.2) is 36.5 Å². The Kier molecular flexibility index (Phi) is 66.1. The molecule has 0 aliphatic carbocycles. The molecule has 0 N–H and O–H groups in total. The Morgan fingerprint density at radius 2 is 0.456 bits per heavy atom. The molecule has 0 fully saturated rings. The minimum absolute atomic E-state index is 0.0678. The van der Waals surface area contributed by atoms with Gasteiger partial charge in [0.05, 0.1) is 0 Å². The average Bonchev–Trinajstić information content (AvgIpc) is 3.45. The monoisotopic (exact) mass is 1110 g/mol. The molecule has 0 bridgehead atoms. The van der Waals surface area contributed by atoms with Crippen molar-refractivity contribution in [3.8, 4) is 0 Å². The van der Waals surface area contributed by atoms with Crippen molar-refractivity contribution in [3.05, 3.63) is 36.5 Å². The molecule has 0 heterocycles. The van der Waals surface area contributed by atoms with Crippen molar-refractivity contribution >= 4 is 17.9 Å². The summed E-state index contributed by atoms with van der Waals surface area (Å²) in [5.74, 6) is -0.849. The Morgan fingerprint density at radius 1 is 0.253 bits per heavy atom. The van der Waals surface area contributed by atoms with Crippen LogP contribution < -0.4 is 0 Å². The standard InChI is InChI=1S/C73H136O6/c1-4-7-10-13-16-19-21-23-25-27-28-29-30-31-32-33-34-35-36-37-38-39-40-41-42-43-44-46-47-49-51-54-57-60-63-66-72(75)78-69-70(68-77-71(74)65-62-59-56-53-18-15-12-9-6-3)79-73(76)67-64-61-58-55-52-50-48-45-26-24-22-20-17-14-11-8-5-2/h21,23-24,26-28,70H,4-20,22,25,29-69H2,1-3H3/b23-21-,26-24-,28-27-. The van der Waals surface area contributed by atoms with Crippen LogP contribution in [-0.4, -0.2) is 37.2 Å². The number of esters is 3. The quantitative estimate of drug-likeness (QED) is 0.0261. The summed E-state index contributed by atoms with van der Waals surface area (Å²) in [5, 5.41) is 0. The first-order valence-electron chi connectivity index (χ1n) is 35.5. The molecule has 1 atom stereocenters. The van der Waals surface area contributed by atoms with Gasteiger partial charge in [-0.15, -0.1) is 0 Å². The molecule has 6 heteroatoms. The van der Waals surface area contributed by atoms with E-state index >= 15 is 0 Å². The molecule has 0 aliphatic heterocycles. The van der Waals surface area contributed by atoms with E-state index in [1.807, 2.05) is 0 Å². The first-order valence-corrected chi connectivity index (χ1v) is 35.5. The molecule has 6 nitrogen and oxygen atoms in total. The van der Waals surface area contributed by atoms with Crippen molar-refractivity contribution in [2.75, 3.05) is 13.2 Å². The van der Waals surface area contributed by atoms with Gasteiger partial charge in [-0.25, -0.2) is 0 Å². The van der Waals surface area contributed by atoms with Crippen LogP contribution in [0.3, 0.4) is 0 Å². The number of allylic oxidation sites excluding steroid dienone is 6. The molecule has 0 aromatic heterocycles. The van der Waals surface area contributed by atoms with Crippen LogP contribution >= 0.6 is 0 Å². The second-order valence-electron chi connectivity index (χ2n) is 24.1. The molecular formula is C73H136O6. The van der Waals surface area contributed by atoms with Gasteiger partial charge in [0.1, 0.15) is 13.2 Å². The maximum atomic E-state index is 12.9.